The zero-order chi connectivity index (χ0) is 12.5. The molecule has 102 valence electrons. The Labute approximate surface area is 105 Å². The van der Waals surface area contributed by atoms with Crippen LogP contribution in [0.5, 0.6) is 0 Å². The van der Waals surface area contributed by atoms with Gasteiger partial charge in [0.05, 0.1) is 12.7 Å². The minimum absolute atomic E-state index is 0.172. The van der Waals surface area contributed by atoms with Gasteiger partial charge in [0.1, 0.15) is 0 Å². The van der Waals surface area contributed by atoms with Crippen molar-refractivity contribution in [1.29, 1.82) is 0 Å². The molecule has 17 heavy (non-hydrogen) atoms. The van der Waals surface area contributed by atoms with Crippen LogP contribution in [0.1, 0.15) is 32.6 Å². The number of nitrogens with zero attached hydrogens (tertiary/aromatic N) is 1. The predicted octanol–water partition coefficient (Wildman–Crippen LogP) is 0.848. The van der Waals surface area contributed by atoms with Crippen LogP contribution in [0, 0.1) is 0 Å². The van der Waals surface area contributed by atoms with Gasteiger partial charge in [0.2, 0.25) is 0 Å². The van der Waals surface area contributed by atoms with Crippen LogP contribution in [0.2, 0.25) is 0 Å². The van der Waals surface area contributed by atoms with Crippen LogP contribution in [0.3, 0.4) is 0 Å². The van der Waals surface area contributed by atoms with E-state index in [0.717, 1.165) is 39.2 Å². The maximum Gasteiger partial charge on any atom is 0.0664 e. The van der Waals surface area contributed by atoms with Crippen LogP contribution in [-0.2, 0) is 4.74 Å². The lowest BCUT2D eigenvalue weighted by atomic mass is 10.0. The Morgan fingerprint density at radius 1 is 1.47 bits per heavy atom. The van der Waals surface area contributed by atoms with Crippen molar-refractivity contribution < 1.29 is 9.84 Å². The molecule has 0 bridgehead atoms. The lowest BCUT2D eigenvalue weighted by Gasteiger charge is -2.37. The molecule has 1 fully saturated rings. The van der Waals surface area contributed by atoms with Crippen LogP contribution >= 0.6 is 0 Å². The van der Waals surface area contributed by atoms with Gasteiger partial charge in [-0.3, -0.25) is 4.90 Å². The predicted molar refractivity (Wildman–Crippen MR) is 70.3 cm³/mol. The van der Waals surface area contributed by atoms with Crippen molar-refractivity contribution in [2.75, 3.05) is 39.9 Å². The summed E-state index contributed by atoms with van der Waals surface area (Å²) in [6.07, 6.45) is 4.51. The van der Waals surface area contributed by atoms with Crippen LogP contribution in [-0.4, -0.2) is 62.0 Å². The Balaban J connectivity index is 2.26. The van der Waals surface area contributed by atoms with E-state index in [1.807, 2.05) is 6.92 Å². The Hall–Kier alpha value is -0.160. The average molecular weight is 244 g/mol. The van der Waals surface area contributed by atoms with Crippen molar-refractivity contribution >= 4 is 0 Å². The largest absolute Gasteiger partial charge is 0.392 e. The second kappa shape index (κ2) is 8.86. The number of likely N-dealkylation sites (tertiary alicyclic amines) is 1. The third-order valence-electron chi connectivity index (χ3n) is 3.53. The van der Waals surface area contributed by atoms with E-state index in [-0.39, 0.29) is 6.10 Å². The Morgan fingerprint density at radius 3 is 3.00 bits per heavy atom. The average Bonchev–Trinajstić information content (AvgIpc) is 2.36. The Kier molecular flexibility index (Phi) is 7.77. The maximum absolute atomic E-state index is 9.76. The minimum Gasteiger partial charge on any atom is -0.392 e. The molecule has 1 aliphatic rings. The zero-order valence-corrected chi connectivity index (χ0v) is 11.3. The SMILES string of the molecule is CCC(O)CN1CCCCC1CNCCOC. The van der Waals surface area contributed by atoms with Gasteiger partial charge in [-0.05, 0) is 25.8 Å². The van der Waals surface area contributed by atoms with Gasteiger partial charge in [0.15, 0.2) is 0 Å². The lowest BCUT2D eigenvalue weighted by molar-refractivity contribution is 0.0645. The molecule has 0 saturated carbocycles. The molecule has 1 heterocycles. The van der Waals surface area contributed by atoms with E-state index in [2.05, 4.69) is 10.2 Å². The fraction of sp³-hybridized carbons (Fsp3) is 1.00. The van der Waals surface area contributed by atoms with Gasteiger partial charge in [-0.25, -0.2) is 0 Å². The van der Waals surface area contributed by atoms with Crippen molar-refractivity contribution in [2.45, 2.75) is 44.8 Å². The number of ether oxygens (including phenoxy) is 1. The summed E-state index contributed by atoms with van der Waals surface area (Å²) >= 11 is 0. The standard InChI is InChI=1S/C13H28N2O2/c1-3-13(16)11-15-8-5-4-6-12(15)10-14-7-9-17-2/h12-14,16H,3-11H2,1-2H3. The molecular formula is C13H28N2O2. The quantitative estimate of drug-likeness (QED) is 0.621. The van der Waals surface area contributed by atoms with Gasteiger partial charge in [-0.15, -0.1) is 0 Å². The first kappa shape index (κ1) is 14.9. The summed E-state index contributed by atoms with van der Waals surface area (Å²) in [5, 5.41) is 13.2. The minimum atomic E-state index is -0.172. The molecule has 1 rings (SSSR count). The molecule has 0 aromatic carbocycles. The molecule has 2 N–H and O–H groups in total. The maximum atomic E-state index is 9.76. The Morgan fingerprint density at radius 2 is 2.29 bits per heavy atom. The van der Waals surface area contributed by atoms with Crippen LogP contribution in [0.15, 0.2) is 0 Å². The molecule has 2 unspecified atom stereocenters. The summed E-state index contributed by atoms with van der Waals surface area (Å²) in [4.78, 5) is 2.44. The number of hydrogen-bond acceptors (Lipinski definition) is 4. The molecule has 0 aromatic rings. The third-order valence-corrected chi connectivity index (χ3v) is 3.53. The third kappa shape index (κ3) is 5.82. The number of hydrogen-bond donors (Lipinski definition) is 2. The molecule has 1 aliphatic heterocycles. The second-order valence-electron chi connectivity index (χ2n) is 4.90. The van der Waals surface area contributed by atoms with Gasteiger partial charge in [-0.2, -0.15) is 0 Å². The summed E-state index contributed by atoms with van der Waals surface area (Å²) in [6.45, 7) is 6.70. The highest BCUT2D eigenvalue weighted by molar-refractivity contribution is 4.80. The fourth-order valence-electron chi connectivity index (χ4n) is 2.37. The van der Waals surface area contributed by atoms with Crippen LogP contribution in [0.4, 0.5) is 0 Å². The molecule has 4 nitrogen and oxygen atoms in total. The summed E-state index contributed by atoms with van der Waals surface area (Å²) in [7, 11) is 1.73. The number of aliphatic hydroxyl groups is 1. The first-order valence-corrected chi connectivity index (χ1v) is 6.89. The second-order valence-corrected chi connectivity index (χ2v) is 4.90. The number of rotatable bonds is 8. The molecule has 1 saturated heterocycles. The van der Waals surface area contributed by atoms with Gasteiger partial charge in [-0.1, -0.05) is 13.3 Å². The van der Waals surface area contributed by atoms with Crippen molar-refractivity contribution in [3.8, 4) is 0 Å². The molecule has 2 atom stereocenters. The van der Waals surface area contributed by atoms with Gasteiger partial charge in [0, 0.05) is 32.8 Å². The molecule has 0 aliphatic carbocycles. The molecule has 0 amide bonds. The van der Waals surface area contributed by atoms with E-state index in [0.29, 0.717) is 6.04 Å². The van der Waals surface area contributed by atoms with E-state index in [1.54, 1.807) is 7.11 Å². The van der Waals surface area contributed by atoms with Gasteiger partial charge >= 0.3 is 0 Å². The van der Waals surface area contributed by atoms with Crippen molar-refractivity contribution in [1.82, 2.24) is 10.2 Å². The Bertz CT molecular complexity index is 190. The van der Waals surface area contributed by atoms with Crippen molar-refractivity contribution in [2.24, 2.45) is 0 Å². The highest BCUT2D eigenvalue weighted by Gasteiger charge is 2.23. The number of methoxy groups -OCH3 is 1. The summed E-state index contributed by atoms with van der Waals surface area (Å²) in [5.74, 6) is 0. The van der Waals surface area contributed by atoms with Crippen LogP contribution < -0.4 is 5.32 Å². The number of aliphatic hydroxyl groups excluding tert-OH is 1. The summed E-state index contributed by atoms with van der Waals surface area (Å²) in [6, 6.07) is 0.585. The summed E-state index contributed by atoms with van der Waals surface area (Å²) in [5.41, 5.74) is 0. The highest BCUT2D eigenvalue weighted by atomic mass is 16.5. The number of β-amino-alcohol motifs (C(OH)–C–C–N with tert-alkyl or cyclic N) is 1. The number of nitrogens with one attached hydrogen (secondary N) is 1. The van der Waals surface area contributed by atoms with Crippen LogP contribution in [0.25, 0.3) is 0 Å². The fourth-order valence-corrected chi connectivity index (χ4v) is 2.37. The lowest BCUT2D eigenvalue weighted by Crippen LogP contribution is -2.48. The molecule has 0 spiro atoms. The van der Waals surface area contributed by atoms with Gasteiger partial charge in [0.25, 0.3) is 0 Å². The van der Waals surface area contributed by atoms with E-state index in [9.17, 15) is 5.11 Å². The molecular weight excluding hydrogens is 216 g/mol. The topological polar surface area (TPSA) is 44.7 Å². The van der Waals surface area contributed by atoms with Crippen molar-refractivity contribution in [3.63, 3.8) is 0 Å². The van der Waals surface area contributed by atoms with Gasteiger partial charge < -0.3 is 15.2 Å². The van der Waals surface area contributed by atoms with Crippen molar-refractivity contribution in [3.05, 3.63) is 0 Å². The monoisotopic (exact) mass is 244 g/mol. The number of piperidine rings is 1. The summed E-state index contributed by atoms with van der Waals surface area (Å²) < 4.78 is 5.02. The molecule has 0 aromatic heterocycles. The van der Waals surface area contributed by atoms with E-state index in [4.69, 9.17) is 4.74 Å². The first-order chi connectivity index (χ1) is 8.27. The van der Waals surface area contributed by atoms with E-state index in [1.165, 1.54) is 19.3 Å². The molecule has 0 radical (unpaired) electrons. The normalized spacial score (nSPS) is 23.8. The zero-order valence-electron chi connectivity index (χ0n) is 11.3. The highest BCUT2D eigenvalue weighted by Crippen LogP contribution is 2.17. The first-order valence-electron chi connectivity index (χ1n) is 6.89. The van der Waals surface area contributed by atoms with E-state index < -0.39 is 0 Å². The smallest absolute Gasteiger partial charge is 0.0664 e. The molecule has 4 heteroatoms. The van der Waals surface area contributed by atoms with E-state index >= 15 is 0 Å².